The van der Waals surface area contributed by atoms with Gasteiger partial charge in [0, 0.05) is 31.4 Å². The van der Waals surface area contributed by atoms with Gasteiger partial charge in [0.1, 0.15) is 0 Å². The second kappa shape index (κ2) is 5.48. The quantitative estimate of drug-likeness (QED) is 0.840. The van der Waals surface area contributed by atoms with Gasteiger partial charge in [-0.05, 0) is 37.7 Å². The van der Waals surface area contributed by atoms with E-state index in [1.165, 1.54) is 0 Å². The standard InChI is InChI=1S/C13H21N3O2S/c1-3-12-10-16(9-8-15(12)2)19(17,18)13-6-4-11(14)5-7-13/h4-7,12H,3,8-10,14H2,1-2H3. The van der Waals surface area contributed by atoms with Crippen LogP contribution >= 0.6 is 0 Å². The Morgan fingerprint density at radius 3 is 2.47 bits per heavy atom. The summed E-state index contributed by atoms with van der Waals surface area (Å²) in [6.45, 7) is 3.95. The number of benzene rings is 1. The van der Waals surface area contributed by atoms with Crippen LogP contribution in [0.1, 0.15) is 13.3 Å². The van der Waals surface area contributed by atoms with E-state index in [1.54, 1.807) is 28.6 Å². The topological polar surface area (TPSA) is 66.6 Å². The van der Waals surface area contributed by atoms with Gasteiger partial charge in [-0.25, -0.2) is 8.42 Å². The molecule has 2 N–H and O–H groups in total. The van der Waals surface area contributed by atoms with Gasteiger partial charge < -0.3 is 10.6 Å². The number of hydrogen-bond donors (Lipinski definition) is 1. The third kappa shape index (κ3) is 2.91. The summed E-state index contributed by atoms with van der Waals surface area (Å²) in [5.41, 5.74) is 6.17. The van der Waals surface area contributed by atoms with E-state index in [-0.39, 0.29) is 6.04 Å². The molecular formula is C13H21N3O2S. The Balaban J connectivity index is 2.23. The van der Waals surface area contributed by atoms with Crippen LogP contribution in [-0.2, 0) is 10.0 Å². The normalized spacial score (nSPS) is 22.5. The van der Waals surface area contributed by atoms with E-state index in [9.17, 15) is 8.42 Å². The van der Waals surface area contributed by atoms with Crippen molar-refractivity contribution in [2.75, 3.05) is 32.4 Å². The van der Waals surface area contributed by atoms with Crippen molar-refractivity contribution in [3.63, 3.8) is 0 Å². The Morgan fingerprint density at radius 1 is 1.26 bits per heavy atom. The third-order valence-electron chi connectivity index (χ3n) is 3.73. The summed E-state index contributed by atoms with van der Waals surface area (Å²) in [6, 6.07) is 6.69. The van der Waals surface area contributed by atoms with E-state index >= 15 is 0 Å². The van der Waals surface area contributed by atoms with Gasteiger partial charge in [0.05, 0.1) is 4.90 Å². The molecule has 0 saturated carbocycles. The Morgan fingerprint density at radius 2 is 1.89 bits per heavy atom. The molecule has 0 bridgehead atoms. The van der Waals surface area contributed by atoms with Crippen molar-refractivity contribution in [1.29, 1.82) is 0 Å². The number of nitrogen functional groups attached to an aromatic ring is 1. The first-order chi connectivity index (χ1) is 8.95. The van der Waals surface area contributed by atoms with Gasteiger partial charge in [-0.2, -0.15) is 4.31 Å². The molecule has 106 valence electrons. The average molecular weight is 283 g/mol. The number of nitrogens with two attached hydrogens (primary N) is 1. The van der Waals surface area contributed by atoms with Crippen LogP contribution in [0, 0.1) is 0 Å². The lowest BCUT2D eigenvalue weighted by atomic mass is 10.1. The minimum atomic E-state index is -3.39. The lowest BCUT2D eigenvalue weighted by Gasteiger charge is -2.38. The Kier molecular flexibility index (Phi) is 4.13. The SMILES string of the molecule is CCC1CN(S(=O)(=O)c2ccc(N)cc2)CCN1C. The molecule has 1 aromatic rings. The van der Waals surface area contributed by atoms with Crippen molar-refractivity contribution in [3.8, 4) is 0 Å². The summed E-state index contributed by atoms with van der Waals surface area (Å²) in [5, 5.41) is 0. The lowest BCUT2D eigenvalue weighted by Crippen LogP contribution is -2.52. The molecular weight excluding hydrogens is 262 g/mol. The zero-order chi connectivity index (χ0) is 14.0. The minimum absolute atomic E-state index is 0.289. The zero-order valence-corrected chi connectivity index (χ0v) is 12.2. The summed E-state index contributed by atoms with van der Waals surface area (Å²) in [5.74, 6) is 0. The van der Waals surface area contributed by atoms with Gasteiger partial charge in [0.25, 0.3) is 0 Å². The van der Waals surface area contributed by atoms with Gasteiger partial charge >= 0.3 is 0 Å². The van der Waals surface area contributed by atoms with Crippen LogP contribution in [0.2, 0.25) is 0 Å². The van der Waals surface area contributed by atoms with Gasteiger partial charge in [-0.3, -0.25) is 0 Å². The maximum absolute atomic E-state index is 12.5. The minimum Gasteiger partial charge on any atom is -0.399 e. The molecule has 0 aliphatic carbocycles. The van der Waals surface area contributed by atoms with Crippen molar-refractivity contribution >= 4 is 15.7 Å². The molecule has 1 aliphatic heterocycles. The van der Waals surface area contributed by atoms with Crippen LogP contribution < -0.4 is 5.73 Å². The molecule has 6 heteroatoms. The highest BCUT2D eigenvalue weighted by Gasteiger charge is 2.31. The average Bonchev–Trinajstić information content (AvgIpc) is 2.39. The van der Waals surface area contributed by atoms with E-state index in [0.29, 0.717) is 23.7 Å². The maximum atomic E-state index is 12.5. The number of hydrogen-bond acceptors (Lipinski definition) is 4. The molecule has 0 spiro atoms. The zero-order valence-electron chi connectivity index (χ0n) is 11.4. The fourth-order valence-corrected chi connectivity index (χ4v) is 3.83. The highest BCUT2D eigenvalue weighted by atomic mass is 32.2. The predicted octanol–water partition coefficient (Wildman–Crippen LogP) is 0.984. The first-order valence-corrected chi connectivity index (χ1v) is 7.95. The van der Waals surface area contributed by atoms with E-state index in [0.717, 1.165) is 13.0 Å². The van der Waals surface area contributed by atoms with Crippen molar-refractivity contribution in [2.45, 2.75) is 24.3 Å². The molecule has 2 rings (SSSR count). The number of nitrogens with zero attached hydrogens (tertiary/aromatic N) is 2. The van der Waals surface area contributed by atoms with Gasteiger partial charge in [0.2, 0.25) is 10.0 Å². The molecule has 0 amide bonds. The summed E-state index contributed by atoms with van der Waals surface area (Å²) in [7, 11) is -1.35. The van der Waals surface area contributed by atoms with Gasteiger partial charge in [-0.1, -0.05) is 6.92 Å². The number of anilines is 1. The van der Waals surface area contributed by atoms with Gasteiger partial charge in [0.15, 0.2) is 0 Å². The smallest absolute Gasteiger partial charge is 0.243 e. The molecule has 1 aromatic carbocycles. The van der Waals surface area contributed by atoms with Crippen LogP contribution in [0.25, 0.3) is 0 Å². The van der Waals surface area contributed by atoms with Crippen LogP contribution in [0.15, 0.2) is 29.2 Å². The molecule has 5 nitrogen and oxygen atoms in total. The molecule has 19 heavy (non-hydrogen) atoms. The first-order valence-electron chi connectivity index (χ1n) is 6.51. The van der Waals surface area contributed by atoms with Crippen LogP contribution in [0.3, 0.4) is 0 Å². The van der Waals surface area contributed by atoms with Crippen molar-refractivity contribution in [3.05, 3.63) is 24.3 Å². The molecule has 0 aromatic heterocycles. The molecule has 1 atom stereocenters. The van der Waals surface area contributed by atoms with Gasteiger partial charge in [-0.15, -0.1) is 0 Å². The van der Waals surface area contributed by atoms with E-state index < -0.39 is 10.0 Å². The van der Waals surface area contributed by atoms with Crippen molar-refractivity contribution in [2.24, 2.45) is 0 Å². The second-order valence-corrected chi connectivity index (χ2v) is 6.91. The lowest BCUT2D eigenvalue weighted by molar-refractivity contribution is 0.144. The number of sulfonamides is 1. The summed E-state index contributed by atoms with van der Waals surface area (Å²) in [6.07, 6.45) is 0.949. The fraction of sp³-hybridized carbons (Fsp3) is 0.538. The molecule has 1 saturated heterocycles. The largest absolute Gasteiger partial charge is 0.399 e. The monoisotopic (exact) mass is 283 g/mol. The van der Waals surface area contributed by atoms with E-state index in [1.807, 2.05) is 7.05 Å². The second-order valence-electron chi connectivity index (χ2n) is 4.97. The number of likely N-dealkylation sites (N-methyl/N-ethyl adjacent to an activating group) is 1. The molecule has 1 aliphatic rings. The summed E-state index contributed by atoms with van der Waals surface area (Å²) in [4.78, 5) is 2.54. The fourth-order valence-electron chi connectivity index (χ4n) is 2.37. The summed E-state index contributed by atoms with van der Waals surface area (Å²) >= 11 is 0. The van der Waals surface area contributed by atoms with E-state index in [2.05, 4.69) is 11.8 Å². The van der Waals surface area contributed by atoms with Crippen LogP contribution in [0.4, 0.5) is 5.69 Å². The molecule has 1 heterocycles. The number of rotatable bonds is 3. The molecule has 0 radical (unpaired) electrons. The van der Waals surface area contributed by atoms with E-state index in [4.69, 9.17) is 5.73 Å². The van der Waals surface area contributed by atoms with Crippen LogP contribution in [-0.4, -0.2) is 50.3 Å². The highest BCUT2D eigenvalue weighted by molar-refractivity contribution is 7.89. The third-order valence-corrected chi connectivity index (χ3v) is 5.61. The Hall–Kier alpha value is -1.11. The van der Waals surface area contributed by atoms with Crippen molar-refractivity contribution in [1.82, 2.24) is 9.21 Å². The van der Waals surface area contributed by atoms with Crippen LogP contribution in [0.5, 0.6) is 0 Å². The Labute approximate surface area is 115 Å². The predicted molar refractivity (Wildman–Crippen MR) is 76.3 cm³/mol. The first kappa shape index (κ1) is 14.3. The highest BCUT2D eigenvalue weighted by Crippen LogP contribution is 2.21. The maximum Gasteiger partial charge on any atom is 0.243 e. The Bertz CT molecular complexity index is 527. The number of piperazine rings is 1. The van der Waals surface area contributed by atoms with Crippen molar-refractivity contribution < 1.29 is 8.42 Å². The summed E-state index contributed by atoms with van der Waals surface area (Å²) < 4.78 is 26.6. The molecule has 1 unspecified atom stereocenters. The molecule has 1 fully saturated rings.